The van der Waals surface area contributed by atoms with Gasteiger partial charge in [-0.15, -0.1) is 0 Å². The van der Waals surface area contributed by atoms with Gasteiger partial charge in [0.1, 0.15) is 5.82 Å². The minimum atomic E-state index is -0.250. The fraction of sp³-hybridized carbons (Fsp3) is 0.458. The molecule has 1 aliphatic heterocycles. The summed E-state index contributed by atoms with van der Waals surface area (Å²) in [4.78, 5) is 15.7. The SMILES string of the molecule is CCCC(CCC)C1CCN(c2cc(-c3cn[nH]c3)c3ccc(Cl)c(Cl)c3n2)C1.O=CO. The summed E-state index contributed by atoms with van der Waals surface area (Å²) in [6, 6.07) is 6.01. The summed E-state index contributed by atoms with van der Waals surface area (Å²) < 4.78 is 0. The summed E-state index contributed by atoms with van der Waals surface area (Å²) in [6.07, 6.45) is 10.1. The molecule has 1 atom stereocenters. The lowest BCUT2D eigenvalue weighted by Crippen LogP contribution is -2.23. The fourth-order valence-corrected chi connectivity index (χ4v) is 5.12. The first kappa shape index (κ1) is 24.3. The Morgan fingerprint density at radius 3 is 2.62 bits per heavy atom. The van der Waals surface area contributed by atoms with Crippen molar-refractivity contribution in [3.05, 3.63) is 40.6 Å². The Kier molecular flexibility index (Phi) is 8.76. The molecule has 4 rings (SSSR count). The van der Waals surface area contributed by atoms with Crippen LogP contribution in [0.5, 0.6) is 0 Å². The second-order valence-electron chi connectivity index (χ2n) is 8.21. The van der Waals surface area contributed by atoms with E-state index in [1.165, 1.54) is 32.1 Å². The molecule has 1 unspecified atom stereocenters. The van der Waals surface area contributed by atoms with Crippen molar-refractivity contribution in [2.75, 3.05) is 18.0 Å². The molecule has 32 heavy (non-hydrogen) atoms. The van der Waals surface area contributed by atoms with E-state index < -0.39 is 0 Å². The van der Waals surface area contributed by atoms with Crippen molar-refractivity contribution >= 4 is 46.4 Å². The number of hydrogen-bond donors (Lipinski definition) is 2. The maximum atomic E-state index is 8.36. The van der Waals surface area contributed by atoms with E-state index in [9.17, 15) is 0 Å². The second-order valence-corrected chi connectivity index (χ2v) is 9.00. The number of carbonyl (C=O) groups is 1. The van der Waals surface area contributed by atoms with E-state index in [0.29, 0.717) is 10.0 Å². The van der Waals surface area contributed by atoms with Gasteiger partial charge in [-0.1, -0.05) is 68.8 Å². The van der Waals surface area contributed by atoms with Crippen molar-refractivity contribution in [3.63, 3.8) is 0 Å². The molecule has 2 N–H and O–H groups in total. The molecule has 3 aromatic rings. The molecule has 0 aliphatic carbocycles. The third kappa shape index (κ3) is 5.36. The van der Waals surface area contributed by atoms with Gasteiger partial charge in [0.15, 0.2) is 0 Å². The number of anilines is 1. The smallest absolute Gasteiger partial charge is 0.290 e. The fourth-order valence-electron chi connectivity index (χ4n) is 4.76. The summed E-state index contributed by atoms with van der Waals surface area (Å²) in [7, 11) is 0. The standard InChI is InChI=1S/C23H28Cl2N4.CH2O2/c1-3-5-15(6-4-2)16-9-10-29(14-16)21-11-19(17-12-26-27-13-17)18-7-8-20(24)22(25)23(18)28-21;2-1-3/h7-8,11-13,15-16H,3-6,9-10,14H2,1-2H3,(H,26,27);1H,(H,2,3). The molecule has 172 valence electrons. The van der Waals surface area contributed by atoms with Crippen molar-refractivity contribution in [3.8, 4) is 11.1 Å². The van der Waals surface area contributed by atoms with E-state index in [0.717, 1.165) is 52.8 Å². The van der Waals surface area contributed by atoms with Crippen LogP contribution in [0.25, 0.3) is 22.0 Å². The lowest BCUT2D eigenvalue weighted by atomic mass is 9.84. The third-order valence-electron chi connectivity index (χ3n) is 6.20. The third-order valence-corrected chi connectivity index (χ3v) is 7.00. The Morgan fingerprint density at radius 2 is 2.00 bits per heavy atom. The lowest BCUT2D eigenvalue weighted by Gasteiger charge is -2.24. The van der Waals surface area contributed by atoms with Gasteiger partial charge in [0.05, 0.1) is 21.8 Å². The Hall–Kier alpha value is -2.31. The van der Waals surface area contributed by atoms with Gasteiger partial charge in [-0.3, -0.25) is 9.89 Å². The molecule has 1 fully saturated rings. The van der Waals surface area contributed by atoms with Crippen molar-refractivity contribution in [2.24, 2.45) is 11.8 Å². The monoisotopic (exact) mass is 476 g/mol. The van der Waals surface area contributed by atoms with Gasteiger partial charge in [-0.25, -0.2) is 4.98 Å². The van der Waals surface area contributed by atoms with Gasteiger partial charge in [-0.2, -0.15) is 5.10 Å². The van der Waals surface area contributed by atoms with Crippen LogP contribution < -0.4 is 4.90 Å². The minimum absolute atomic E-state index is 0.250. The van der Waals surface area contributed by atoms with Crippen molar-refractivity contribution in [1.82, 2.24) is 15.2 Å². The van der Waals surface area contributed by atoms with Crippen LogP contribution in [0, 0.1) is 11.8 Å². The molecule has 1 aromatic carbocycles. The van der Waals surface area contributed by atoms with E-state index in [4.69, 9.17) is 38.1 Å². The molecule has 2 aromatic heterocycles. The summed E-state index contributed by atoms with van der Waals surface area (Å²) in [5, 5.41) is 16.0. The average molecular weight is 477 g/mol. The number of pyridine rings is 1. The number of benzene rings is 1. The highest BCUT2D eigenvalue weighted by atomic mass is 35.5. The zero-order chi connectivity index (χ0) is 23.1. The summed E-state index contributed by atoms with van der Waals surface area (Å²) >= 11 is 12.9. The first-order chi connectivity index (χ1) is 15.5. The predicted molar refractivity (Wildman–Crippen MR) is 132 cm³/mol. The number of aromatic amines is 1. The van der Waals surface area contributed by atoms with E-state index in [1.807, 2.05) is 24.5 Å². The highest BCUT2D eigenvalue weighted by molar-refractivity contribution is 6.45. The molecule has 0 saturated carbocycles. The molecule has 0 radical (unpaired) electrons. The normalized spacial score (nSPS) is 15.8. The first-order valence-electron chi connectivity index (χ1n) is 11.1. The zero-order valence-corrected chi connectivity index (χ0v) is 20.0. The van der Waals surface area contributed by atoms with Gasteiger partial charge in [-0.05, 0) is 36.0 Å². The van der Waals surface area contributed by atoms with E-state index in [-0.39, 0.29) is 6.47 Å². The second kappa shape index (κ2) is 11.5. The molecule has 6 nitrogen and oxygen atoms in total. The average Bonchev–Trinajstić information content (AvgIpc) is 3.49. The van der Waals surface area contributed by atoms with Gasteiger partial charge in [0, 0.05) is 30.2 Å². The topological polar surface area (TPSA) is 82.1 Å². The largest absolute Gasteiger partial charge is 0.483 e. The van der Waals surface area contributed by atoms with Crippen LogP contribution in [0.15, 0.2) is 30.6 Å². The molecular weight excluding hydrogens is 447 g/mol. The van der Waals surface area contributed by atoms with Crippen LogP contribution in [0.4, 0.5) is 5.82 Å². The van der Waals surface area contributed by atoms with E-state index in [1.54, 1.807) is 0 Å². The van der Waals surface area contributed by atoms with Crippen molar-refractivity contribution in [1.29, 1.82) is 0 Å². The van der Waals surface area contributed by atoms with Crippen LogP contribution in [0.2, 0.25) is 10.0 Å². The molecule has 1 saturated heterocycles. The Labute approximate surface area is 198 Å². The quantitative estimate of drug-likeness (QED) is 0.371. The minimum Gasteiger partial charge on any atom is -0.483 e. The highest BCUT2D eigenvalue weighted by Crippen LogP contribution is 2.39. The van der Waals surface area contributed by atoms with Crippen molar-refractivity contribution in [2.45, 2.75) is 46.0 Å². The molecule has 0 amide bonds. The molecule has 0 bridgehead atoms. The van der Waals surface area contributed by atoms with Gasteiger partial charge in [0.25, 0.3) is 6.47 Å². The van der Waals surface area contributed by atoms with Crippen molar-refractivity contribution < 1.29 is 9.90 Å². The van der Waals surface area contributed by atoms with Crippen LogP contribution in [-0.2, 0) is 4.79 Å². The summed E-state index contributed by atoms with van der Waals surface area (Å²) in [5.41, 5.74) is 2.87. The molecule has 3 heterocycles. The molecular formula is C24H30Cl2N4O2. The Balaban J connectivity index is 0.000000913. The molecule has 1 aliphatic rings. The van der Waals surface area contributed by atoms with E-state index in [2.05, 4.69) is 35.0 Å². The molecule has 8 heteroatoms. The van der Waals surface area contributed by atoms with Crippen LogP contribution in [0.3, 0.4) is 0 Å². The number of rotatable bonds is 7. The number of carboxylic acid groups (broad SMARTS) is 1. The van der Waals surface area contributed by atoms with Crippen LogP contribution in [0.1, 0.15) is 46.0 Å². The lowest BCUT2D eigenvalue weighted by molar-refractivity contribution is -0.122. The summed E-state index contributed by atoms with van der Waals surface area (Å²) in [5.74, 6) is 2.52. The predicted octanol–water partition coefficient (Wildman–Crippen LogP) is 6.68. The first-order valence-corrected chi connectivity index (χ1v) is 11.9. The zero-order valence-electron chi connectivity index (χ0n) is 18.5. The number of fused-ring (bicyclic) bond motifs is 1. The van der Waals surface area contributed by atoms with Crippen LogP contribution >= 0.6 is 23.2 Å². The van der Waals surface area contributed by atoms with Crippen LogP contribution in [-0.4, -0.2) is 39.8 Å². The highest BCUT2D eigenvalue weighted by Gasteiger charge is 2.30. The maximum absolute atomic E-state index is 8.36. The number of nitrogens with one attached hydrogen (secondary N) is 1. The van der Waals surface area contributed by atoms with E-state index >= 15 is 0 Å². The van der Waals surface area contributed by atoms with Gasteiger partial charge in [0.2, 0.25) is 0 Å². The Bertz CT molecular complexity index is 1020. The summed E-state index contributed by atoms with van der Waals surface area (Å²) in [6.45, 7) is 6.44. The maximum Gasteiger partial charge on any atom is 0.290 e. The van der Waals surface area contributed by atoms with Gasteiger partial charge >= 0.3 is 0 Å². The Morgan fingerprint density at radius 1 is 1.28 bits per heavy atom. The number of H-pyrrole nitrogens is 1. The van der Waals surface area contributed by atoms with Gasteiger partial charge < -0.3 is 10.0 Å². The number of hydrogen-bond acceptors (Lipinski definition) is 4. The molecule has 0 spiro atoms. The number of aromatic nitrogens is 3. The number of halogens is 2. The number of nitrogens with zero attached hydrogens (tertiary/aromatic N) is 3.